The normalized spacial score (nSPS) is 17.8. The molecule has 0 unspecified atom stereocenters. The Morgan fingerprint density at radius 2 is 2.04 bits per heavy atom. The molecule has 4 rings (SSSR count). The monoisotopic (exact) mass is 375 g/mol. The number of benzene rings is 2. The number of hydrogen-bond acceptors (Lipinski definition) is 3. The van der Waals surface area contributed by atoms with Gasteiger partial charge in [0, 0.05) is 25.1 Å². The summed E-state index contributed by atoms with van der Waals surface area (Å²) >= 11 is 0. The van der Waals surface area contributed by atoms with Gasteiger partial charge in [-0.05, 0) is 55.5 Å². The summed E-state index contributed by atoms with van der Waals surface area (Å²) in [6.45, 7) is 1.91. The second-order valence-electron chi connectivity index (χ2n) is 7.77. The maximum atomic E-state index is 12.7. The van der Waals surface area contributed by atoms with Crippen LogP contribution in [0.5, 0.6) is 0 Å². The number of imidazole rings is 1. The van der Waals surface area contributed by atoms with Crippen LogP contribution in [0.4, 0.5) is 5.69 Å². The SMILES string of the molecule is C[C@@H](C(=O)Nc1ccc2c(c1)ncn2C)c1ccc(C[C@@H]2CCCC2=O)cc1. The fourth-order valence-electron chi connectivity index (χ4n) is 3.95. The van der Waals surface area contributed by atoms with E-state index in [2.05, 4.69) is 10.3 Å². The number of carbonyl (C=O) groups excluding carboxylic acids is 2. The fraction of sp³-hybridized carbons (Fsp3) is 0.348. The molecule has 1 aliphatic carbocycles. The van der Waals surface area contributed by atoms with Crippen molar-refractivity contribution in [3.8, 4) is 0 Å². The van der Waals surface area contributed by atoms with E-state index in [4.69, 9.17) is 0 Å². The number of carbonyl (C=O) groups is 2. The summed E-state index contributed by atoms with van der Waals surface area (Å²) in [6, 6.07) is 13.8. The summed E-state index contributed by atoms with van der Waals surface area (Å²) < 4.78 is 1.95. The van der Waals surface area contributed by atoms with Crippen LogP contribution in [0.3, 0.4) is 0 Å². The van der Waals surface area contributed by atoms with Gasteiger partial charge in [0.25, 0.3) is 0 Å². The molecule has 0 aliphatic heterocycles. The van der Waals surface area contributed by atoms with E-state index in [1.54, 1.807) is 6.33 Å². The first-order valence-corrected chi connectivity index (χ1v) is 9.85. The van der Waals surface area contributed by atoms with E-state index in [1.807, 2.05) is 61.0 Å². The standard InChI is InChI=1S/C23H25N3O2/c1-15(17-8-6-16(7-9-17)12-18-4-3-5-22(18)27)23(28)25-19-10-11-21-20(13-19)24-14-26(21)2/h6-11,13-15,18H,3-5,12H2,1-2H3,(H,25,28)/t15-,18+/m1/s1. The molecular formula is C23H25N3O2. The van der Waals surface area contributed by atoms with Gasteiger partial charge in [-0.15, -0.1) is 0 Å². The zero-order valence-electron chi connectivity index (χ0n) is 16.3. The van der Waals surface area contributed by atoms with Crippen LogP contribution in [-0.2, 0) is 23.1 Å². The van der Waals surface area contributed by atoms with Gasteiger partial charge < -0.3 is 9.88 Å². The molecule has 5 nitrogen and oxygen atoms in total. The minimum atomic E-state index is -0.262. The first kappa shape index (κ1) is 18.4. The number of aromatic nitrogens is 2. The maximum absolute atomic E-state index is 12.7. The largest absolute Gasteiger partial charge is 0.334 e. The Morgan fingerprint density at radius 3 is 2.75 bits per heavy atom. The summed E-state index contributed by atoms with van der Waals surface area (Å²) in [7, 11) is 1.95. The summed E-state index contributed by atoms with van der Waals surface area (Å²) in [5.41, 5.74) is 4.77. The average molecular weight is 375 g/mol. The molecule has 2 aromatic carbocycles. The van der Waals surface area contributed by atoms with Gasteiger partial charge in [0.15, 0.2) is 0 Å². The highest BCUT2D eigenvalue weighted by molar-refractivity contribution is 5.97. The molecule has 2 atom stereocenters. The van der Waals surface area contributed by atoms with Crippen molar-refractivity contribution in [3.63, 3.8) is 0 Å². The molecule has 5 heteroatoms. The fourth-order valence-corrected chi connectivity index (χ4v) is 3.95. The molecule has 144 valence electrons. The third-order valence-electron chi connectivity index (χ3n) is 5.78. The number of aryl methyl sites for hydroxylation is 1. The van der Waals surface area contributed by atoms with E-state index in [1.165, 1.54) is 0 Å². The molecule has 3 aromatic rings. The molecule has 1 saturated carbocycles. The van der Waals surface area contributed by atoms with Crippen molar-refractivity contribution in [1.29, 1.82) is 0 Å². The molecule has 1 aromatic heterocycles. The third-order valence-corrected chi connectivity index (χ3v) is 5.78. The van der Waals surface area contributed by atoms with Crippen molar-refractivity contribution in [2.24, 2.45) is 13.0 Å². The smallest absolute Gasteiger partial charge is 0.231 e. The highest BCUT2D eigenvalue weighted by atomic mass is 16.2. The highest BCUT2D eigenvalue weighted by Crippen LogP contribution is 2.26. The van der Waals surface area contributed by atoms with Crippen LogP contribution in [0.25, 0.3) is 11.0 Å². The Bertz CT molecular complexity index is 1020. The van der Waals surface area contributed by atoms with Crippen LogP contribution in [0.2, 0.25) is 0 Å². The number of ketones is 1. The zero-order valence-corrected chi connectivity index (χ0v) is 16.3. The van der Waals surface area contributed by atoms with E-state index in [-0.39, 0.29) is 17.7 Å². The number of amides is 1. The van der Waals surface area contributed by atoms with Crippen molar-refractivity contribution in [2.75, 3.05) is 5.32 Å². The molecule has 28 heavy (non-hydrogen) atoms. The minimum Gasteiger partial charge on any atom is -0.334 e. The lowest BCUT2D eigenvalue weighted by Crippen LogP contribution is -2.19. The number of anilines is 1. The van der Waals surface area contributed by atoms with Gasteiger partial charge in [-0.25, -0.2) is 4.98 Å². The van der Waals surface area contributed by atoms with Crippen molar-refractivity contribution < 1.29 is 9.59 Å². The average Bonchev–Trinajstić information content (AvgIpc) is 3.27. The molecule has 1 amide bonds. The van der Waals surface area contributed by atoms with Crippen molar-refractivity contribution in [2.45, 2.75) is 38.5 Å². The van der Waals surface area contributed by atoms with Crippen LogP contribution < -0.4 is 5.32 Å². The molecule has 1 N–H and O–H groups in total. The lowest BCUT2D eigenvalue weighted by Gasteiger charge is -2.14. The first-order chi connectivity index (χ1) is 13.5. The van der Waals surface area contributed by atoms with Gasteiger partial charge >= 0.3 is 0 Å². The van der Waals surface area contributed by atoms with Crippen LogP contribution >= 0.6 is 0 Å². The molecule has 0 saturated heterocycles. The van der Waals surface area contributed by atoms with Crippen molar-refractivity contribution in [1.82, 2.24) is 9.55 Å². The number of hydrogen-bond donors (Lipinski definition) is 1. The Labute approximate surface area is 164 Å². The molecular weight excluding hydrogens is 350 g/mol. The van der Waals surface area contributed by atoms with Crippen LogP contribution in [0, 0.1) is 5.92 Å². The predicted molar refractivity (Wildman–Crippen MR) is 110 cm³/mol. The Balaban J connectivity index is 1.41. The summed E-state index contributed by atoms with van der Waals surface area (Å²) in [5.74, 6) is 0.255. The third kappa shape index (κ3) is 3.70. The topological polar surface area (TPSA) is 64.0 Å². The Kier molecular flexibility index (Phi) is 4.99. The van der Waals surface area contributed by atoms with E-state index in [0.717, 1.165) is 53.5 Å². The number of nitrogens with zero attached hydrogens (tertiary/aromatic N) is 2. The second kappa shape index (κ2) is 7.58. The molecule has 1 heterocycles. The number of rotatable bonds is 5. The van der Waals surface area contributed by atoms with E-state index in [0.29, 0.717) is 5.78 Å². The molecule has 1 aliphatic rings. The number of fused-ring (bicyclic) bond motifs is 1. The van der Waals surface area contributed by atoms with Gasteiger partial charge in [-0.2, -0.15) is 0 Å². The lowest BCUT2D eigenvalue weighted by molar-refractivity contribution is -0.120. The lowest BCUT2D eigenvalue weighted by atomic mass is 9.94. The van der Waals surface area contributed by atoms with Gasteiger partial charge in [0.2, 0.25) is 5.91 Å². The maximum Gasteiger partial charge on any atom is 0.231 e. The molecule has 0 radical (unpaired) electrons. The van der Waals surface area contributed by atoms with E-state index < -0.39 is 0 Å². The number of nitrogens with one attached hydrogen (secondary N) is 1. The quantitative estimate of drug-likeness (QED) is 0.726. The first-order valence-electron chi connectivity index (χ1n) is 9.85. The van der Waals surface area contributed by atoms with E-state index in [9.17, 15) is 9.59 Å². The van der Waals surface area contributed by atoms with Gasteiger partial charge in [-0.3, -0.25) is 9.59 Å². The van der Waals surface area contributed by atoms with Crippen LogP contribution in [0.1, 0.15) is 43.2 Å². The molecule has 0 spiro atoms. The van der Waals surface area contributed by atoms with Gasteiger partial charge in [0.1, 0.15) is 5.78 Å². The Morgan fingerprint density at radius 1 is 1.25 bits per heavy atom. The summed E-state index contributed by atoms with van der Waals surface area (Å²) in [5, 5.41) is 2.99. The highest BCUT2D eigenvalue weighted by Gasteiger charge is 2.24. The van der Waals surface area contributed by atoms with E-state index >= 15 is 0 Å². The minimum absolute atomic E-state index is 0.0472. The van der Waals surface area contributed by atoms with Gasteiger partial charge in [0.05, 0.1) is 23.3 Å². The van der Waals surface area contributed by atoms with Crippen LogP contribution in [-0.4, -0.2) is 21.2 Å². The molecule has 1 fully saturated rings. The van der Waals surface area contributed by atoms with Crippen molar-refractivity contribution in [3.05, 3.63) is 59.9 Å². The Hall–Kier alpha value is -2.95. The van der Waals surface area contributed by atoms with Gasteiger partial charge in [-0.1, -0.05) is 24.3 Å². The summed E-state index contributed by atoms with van der Waals surface area (Å²) in [6.07, 6.45) is 5.32. The van der Waals surface area contributed by atoms with Crippen molar-refractivity contribution >= 4 is 28.4 Å². The predicted octanol–water partition coefficient (Wildman–Crippen LogP) is 4.23. The zero-order chi connectivity index (χ0) is 19.7. The second-order valence-corrected chi connectivity index (χ2v) is 7.77. The summed E-state index contributed by atoms with van der Waals surface area (Å²) in [4.78, 5) is 28.9. The number of Topliss-reactive ketones (excluding diaryl/α,β-unsaturated/α-hetero) is 1. The van der Waals surface area contributed by atoms with Crippen LogP contribution in [0.15, 0.2) is 48.8 Å². The molecule has 0 bridgehead atoms.